The first kappa shape index (κ1) is 11.4. The van der Waals surface area contributed by atoms with E-state index < -0.39 is 0 Å². The lowest BCUT2D eigenvalue weighted by Gasteiger charge is -2.21. The molecule has 78 valence electrons. The third-order valence-corrected chi connectivity index (χ3v) is 2.99. The van der Waals surface area contributed by atoms with Crippen LogP contribution < -0.4 is 5.32 Å². The third-order valence-electron chi connectivity index (χ3n) is 2.74. The summed E-state index contributed by atoms with van der Waals surface area (Å²) in [5.74, 6) is 0.686. The van der Waals surface area contributed by atoms with Crippen molar-refractivity contribution in [3.05, 3.63) is 29.3 Å². The van der Waals surface area contributed by atoms with Gasteiger partial charge in [0, 0.05) is 16.8 Å². The molecule has 0 fully saturated rings. The Kier molecular flexibility index (Phi) is 4.27. The fourth-order valence-corrected chi connectivity index (χ4v) is 1.43. The molecule has 14 heavy (non-hydrogen) atoms. The normalized spacial score (nSPS) is 14.9. The Balaban J connectivity index is 2.56. The Morgan fingerprint density at radius 3 is 2.29 bits per heavy atom. The van der Waals surface area contributed by atoms with E-state index in [2.05, 4.69) is 26.1 Å². The van der Waals surface area contributed by atoms with E-state index in [1.54, 1.807) is 0 Å². The Morgan fingerprint density at radius 2 is 1.79 bits per heavy atom. The van der Waals surface area contributed by atoms with Gasteiger partial charge in [-0.3, -0.25) is 0 Å². The van der Waals surface area contributed by atoms with Crippen molar-refractivity contribution in [2.24, 2.45) is 5.92 Å². The number of hydrogen-bond donors (Lipinski definition) is 1. The summed E-state index contributed by atoms with van der Waals surface area (Å²) < 4.78 is 0. The molecule has 0 heterocycles. The molecule has 1 rings (SSSR count). The maximum Gasteiger partial charge on any atom is 0.0407 e. The average Bonchev–Trinajstić information content (AvgIpc) is 2.20. The predicted molar refractivity (Wildman–Crippen MR) is 64.0 cm³/mol. The molecule has 2 atom stereocenters. The second-order valence-corrected chi connectivity index (χ2v) is 4.26. The molecule has 0 aromatic heterocycles. The van der Waals surface area contributed by atoms with Gasteiger partial charge < -0.3 is 5.32 Å². The van der Waals surface area contributed by atoms with Crippen LogP contribution in [0.5, 0.6) is 0 Å². The van der Waals surface area contributed by atoms with Crippen molar-refractivity contribution in [2.45, 2.75) is 33.2 Å². The summed E-state index contributed by atoms with van der Waals surface area (Å²) in [5.41, 5.74) is 1.14. The maximum absolute atomic E-state index is 5.81. The molecule has 0 spiro atoms. The summed E-state index contributed by atoms with van der Waals surface area (Å²) in [5, 5.41) is 4.25. The van der Waals surface area contributed by atoms with Crippen LogP contribution in [0.2, 0.25) is 5.02 Å². The van der Waals surface area contributed by atoms with Gasteiger partial charge in [-0.15, -0.1) is 0 Å². The van der Waals surface area contributed by atoms with Gasteiger partial charge in [0.1, 0.15) is 0 Å². The van der Waals surface area contributed by atoms with Crippen molar-refractivity contribution in [3.63, 3.8) is 0 Å². The van der Waals surface area contributed by atoms with E-state index in [1.807, 2.05) is 24.3 Å². The van der Waals surface area contributed by atoms with E-state index in [1.165, 1.54) is 6.42 Å². The van der Waals surface area contributed by atoms with Crippen molar-refractivity contribution in [1.29, 1.82) is 0 Å². The van der Waals surface area contributed by atoms with Crippen LogP contribution in [0, 0.1) is 5.92 Å². The molecule has 0 radical (unpaired) electrons. The minimum atomic E-state index is 0.501. The molecule has 0 bridgehead atoms. The monoisotopic (exact) mass is 211 g/mol. The Hall–Kier alpha value is -0.690. The summed E-state index contributed by atoms with van der Waals surface area (Å²) in [6.07, 6.45) is 1.20. The average molecular weight is 212 g/mol. The Morgan fingerprint density at radius 1 is 1.21 bits per heavy atom. The maximum atomic E-state index is 5.81. The van der Waals surface area contributed by atoms with Gasteiger partial charge in [0.2, 0.25) is 0 Å². The molecule has 0 saturated heterocycles. The van der Waals surface area contributed by atoms with Crippen LogP contribution in [0.25, 0.3) is 0 Å². The van der Waals surface area contributed by atoms with Gasteiger partial charge in [0.05, 0.1) is 0 Å². The van der Waals surface area contributed by atoms with Gasteiger partial charge in [0.25, 0.3) is 0 Å². The van der Waals surface area contributed by atoms with E-state index in [0.717, 1.165) is 10.7 Å². The highest BCUT2D eigenvalue weighted by Crippen LogP contribution is 2.17. The third kappa shape index (κ3) is 3.22. The van der Waals surface area contributed by atoms with Crippen LogP contribution in [0.1, 0.15) is 27.2 Å². The number of benzene rings is 1. The van der Waals surface area contributed by atoms with Crippen molar-refractivity contribution >= 4 is 17.3 Å². The summed E-state index contributed by atoms with van der Waals surface area (Å²) in [7, 11) is 0. The lowest BCUT2D eigenvalue weighted by atomic mass is 10.0. The molecular weight excluding hydrogens is 194 g/mol. The number of rotatable bonds is 4. The highest BCUT2D eigenvalue weighted by Gasteiger charge is 2.08. The summed E-state index contributed by atoms with van der Waals surface area (Å²) in [6, 6.07) is 8.35. The summed E-state index contributed by atoms with van der Waals surface area (Å²) >= 11 is 5.81. The number of anilines is 1. The lowest BCUT2D eigenvalue weighted by Crippen LogP contribution is -2.22. The van der Waals surface area contributed by atoms with Gasteiger partial charge in [-0.25, -0.2) is 0 Å². The van der Waals surface area contributed by atoms with Crippen molar-refractivity contribution in [3.8, 4) is 0 Å². The van der Waals surface area contributed by atoms with E-state index in [4.69, 9.17) is 11.6 Å². The molecule has 0 aliphatic carbocycles. The minimum Gasteiger partial charge on any atom is -0.382 e. The van der Waals surface area contributed by atoms with Gasteiger partial charge in [-0.05, 0) is 37.1 Å². The number of nitrogens with one attached hydrogen (secondary N) is 1. The topological polar surface area (TPSA) is 12.0 Å². The molecule has 1 N–H and O–H groups in total. The van der Waals surface area contributed by atoms with Crippen LogP contribution in [0.4, 0.5) is 5.69 Å². The van der Waals surface area contributed by atoms with E-state index in [0.29, 0.717) is 12.0 Å². The van der Waals surface area contributed by atoms with Gasteiger partial charge >= 0.3 is 0 Å². The van der Waals surface area contributed by atoms with Gasteiger partial charge in [0.15, 0.2) is 0 Å². The molecule has 1 aromatic carbocycles. The molecule has 1 nitrogen and oxygen atoms in total. The lowest BCUT2D eigenvalue weighted by molar-refractivity contribution is 0.494. The highest BCUT2D eigenvalue weighted by molar-refractivity contribution is 6.30. The standard InChI is InChI=1S/C12H18ClN/c1-4-9(2)10(3)14-12-7-5-11(13)6-8-12/h5-10,14H,4H2,1-3H3. The second kappa shape index (κ2) is 5.26. The molecule has 0 aliphatic rings. The summed E-state index contributed by atoms with van der Waals surface area (Å²) in [6.45, 7) is 6.68. The van der Waals surface area contributed by atoms with Crippen LogP contribution in [-0.4, -0.2) is 6.04 Å². The van der Waals surface area contributed by atoms with E-state index in [9.17, 15) is 0 Å². The zero-order valence-corrected chi connectivity index (χ0v) is 9.81. The first-order valence-corrected chi connectivity index (χ1v) is 5.53. The minimum absolute atomic E-state index is 0.501. The first-order valence-electron chi connectivity index (χ1n) is 5.15. The zero-order valence-electron chi connectivity index (χ0n) is 9.05. The molecule has 2 unspecified atom stereocenters. The molecule has 0 aliphatic heterocycles. The van der Waals surface area contributed by atoms with E-state index >= 15 is 0 Å². The highest BCUT2D eigenvalue weighted by atomic mass is 35.5. The fourth-order valence-electron chi connectivity index (χ4n) is 1.30. The molecule has 0 saturated carbocycles. The Bertz CT molecular complexity index is 268. The van der Waals surface area contributed by atoms with Gasteiger partial charge in [-0.1, -0.05) is 31.9 Å². The predicted octanol–water partition coefficient (Wildman–Crippen LogP) is 4.19. The molecule has 2 heteroatoms. The molecule has 1 aromatic rings. The molecule has 0 amide bonds. The Labute approximate surface area is 91.5 Å². The van der Waals surface area contributed by atoms with E-state index in [-0.39, 0.29) is 0 Å². The fraction of sp³-hybridized carbons (Fsp3) is 0.500. The van der Waals surface area contributed by atoms with Crippen molar-refractivity contribution in [2.75, 3.05) is 5.32 Å². The van der Waals surface area contributed by atoms with Crippen LogP contribution in [0.15, 0.2) is 24.3 Å². The van der Waals surface area contributed by atoms with Crippen LogP contribution in [-0.2, 0) is 0 Å². The number of hydrogen-bond acceptors (Lipinski definition) is 1. The SMILES string of the molecule is CCC(C)C(C)Nc1ccc(Cl)cc1. The largest absolute Gasteiger partial charge is 0.382 e. The molecular formula is C12H18ClN. The quantitative estimate of drug-likeness (QED) is 0.788. The zero-order chi connectivity index (χ0) is 10.6. The first-order chi connectivity index (χ1) is 6.63. The van der Waals surface area contributed by atoms with Crippen LogP contribution >= 0.6 is 11.6 Å². The van der Waals surface area contributed by atoms with Gasteiger partial charge in [-0.2, -0.15) is 0 Å². The smallest absolute Gasteiger partial charge is 0.0407 e. The summed E-state index contributed by atoms with van der Waals surface area (Å²) in [4.78, 5) is 0. The van der Waals surface area contributed by atoms with Crippen molar-refractivity contribution in [1.82, 2.24) is 0 Å². The number of halogens is 1. The van der Waals surface area contributed by atoms with Crippen LogP contribution in [0.3, 0.4) is 0 Å². The second-order valence-electron chi connectivity index (χ2n) is 3.83. The van der Waals surface area contributed by atoms with Crippen molar-refractivity contribution < 1.29 is 0 Å².